The van der Waals surface area contributed by atoms with Crippen molar-refractivity contribution in [3.05, 3.63) is 59.2 Å². The SMILES string of the molecule is CNC(=O)c1ccc(NC(=O)C(C)N2C(=O)c3ccccc3C2=O)c(OC)c1. The van der Waals surface area contributed by atoms with E-state index in [-0.39, 0.29) is 22.8 Å². The van der Waals surface area contributed by atoms with Gasteiger partial charge in [-0.05, 0) is 37.3 Å². The molecule has 0 aromatic heterocycles. The van der Waals surface area contributed by atoms with Crippen LogP contribution in [0.4, 0.5) is 5.69 Å². The van der Waals surface area contributed by atoms with Crippen LogP contribution in [0.1, 0.15) is 38.0 Å². The summed E-state index contributed by atoms with van der Waals surface area (Å²) in [6, 6.07) is 9.95. The first-order chi connectivity index (χ1) is 13.4. The van der Waals surface area contributed by atoms with Gasteiger partial charge < -0.3 is 15.4 Å². The Labute approximate surface area is 161 Å². The summed E-state index contributed by atoms with van der Waals surface area (Å²) in [5, 5.41) is 5.15. The molecule has 0 saturated heterocycles. The maximum Gasteiger partial charge on any atom is 0.262 e. The molecule has 2 N–H and O–H groups in total. The molecule has 2 aromatic carbocycles. The predicted molar refractivity (Wildman–Crippen MR) is 101 cm³/mol. The minimum Gasteiger partial charge on any atom is -0.495 e. The first kappa shape index (κ1) is 19.1. The molecule has 1 atom stereocenters. The van der Waals surface area contributed by atoms with E-state index >= 15 is 0 Å². The summed E-state index contributed by atoms with van der Waals surface area (Å²) in [6.45, 7) is 1.47. The first-order valence-corrected chi connectivity index (χ1v) is 8.57. The molecule has 1 aliphatic heterocycles. The van der Waals surface area contributed by atoms with Gasteiger partial charge in [0.25, 0.3) is 17.7 Å². The molecule has 1 aliphatic rings. The summed E-state index contributed by atoms with van der Waals surface area (Å²) in [6.07, 6.45) is 0. The topological polar surface area (TPSA) is 105 Å². The van der Waals surface area contributed by atoms with E-state index in [2.05, 4.69) is 10.6 Å². The van der Waals surface area contributed by atoms with Gasteiger partial charge in [0.1, 0.15) is 11.8 Å². The fourth-order valence-electron chi connectivity index (χ4n) is 2.99. The number of hydrogen-bond acceptors (Lipinski definition) is 5. The predicted octanol–water partition coefficient (Wildman–Crippen LogP) is 1.68. The summed E-state index contributed by atoms with van der Waals surface area (Å²) in [5.41, 5.74) is 1.24. The lowest BCUT2D eigenvalue weighted by Gasteiger charge is -2.22. The van der Waals surface area contributed by atoms with Crippen LogP contribution in [0.15, 0.2) is 42.5 Å². The quantitative estimate of drug-likeness (QED) is 0.767. The first-order valence-electron chi connectivity index (χ1n) is 8.57. The van der Waals surface area contributed by atoms with E-state index in [1.54, 1.807) is 24.3 Å². The van der Waals surface area contributed by atoms with Crippen molar-refractivity contribution in [2.24, 2.45) is 0 Å². The lowest BCUT2D eigenvalue weighted by molar-refractivity contribution is -0.119. The van der Waals surface area contributed by atoms with Gasteiger partial charge in [0.2, 0.25) is 5.91 Å². The van der Waals surface area contributed by atoms with Crippen LogP contribution in [-0.4, -0.2) is 48.7 Å². The van der Waals surface area contributed by atoms with E-state index in [1.807, 2.05) is 0 Å². The Morgan fingerprint density at radius 3 is 2.18 bits per heavy atom. The number of amides is 4. The smallest absolute Gasteiger partial charge is 0.262 e. The summed E-state index contributed by atoms with van der Waals surface area (Å²) < 4.78 is 5.24. The molecule has 0 spiro atoms. The lowest BCUT2D eigenvalue weighted by Crippen LogP contribution is -2.45. The Bertz CT molecular complexity index is 951. The Balaban J connectivity index is 1.81. The molecule has 1 heterocycles. The van der Waals surface area contributed by atoms with Gasteiger partial charge in [-0.15, -0.1) is 0 Å². The van der Waals surface area contributed by atoms with Crippen molar-refractivity contribution in [1.82, 2.24) is 10.2 Å². The molecule has 0 bridgehead atoms. The van der Waals surface area contributed by atoms with Crippen molar-refractivity contribution in [2.45, 2.75) is 13.0 Å². The van der Waals surface area contributed by atoms with Gasteiger partial charge in [0.15, 0.2) is 0 Å². The second kappa shape index (κ2) is 7.51. The van der Waals surface area contributed by atoms with E-state index in [1.165, 1.54) is 39.3 Å². The number of benzene rings is 2. The third-order valence-electron chi connectivity index (χ3n) is 4.54. The number of imide groups is 1. The summed E-state index contributed by atoms with van der Waals surface area (Å²) >= 11 is 0. The number of carbonyl (C=O) groups excluding carboxylic acids is 4. The van der Waals surface area contributed by atoms with Crippen molar-refractivity contribution >= 4 is 29.3 Å². The molecule has 0 aliphatic carbocycles. The van der Waals surface area contributed by atoms with Gasteiger partial charge in [-0.2, -0.15) is 0 Å². The van der Waals surface area contributed by atoms with E-state index in [0.29, 0.717) is 11.3 Å². The highest BCUT2D eigenvalue weighted by atomic mass is 16.5. The van der Waals surface area contributed by atoms with Crippen molar-refractivity contribution in [1.29, 1.82) is 0 Å². The van der Waals surface area contributed by atoms with Gasteiger partial charge in [0.05, 0.1) is 23.9 Å². The fraction of sp³-hybridized carbons (Fsp3) is 0.200. The Hall–Kier alpha value is -3.68. The van der Waals surface area contributed by atoms with Crippen molar-refractivity contribution < 1.29 is 23.9 Å². The maximum absolute atomic E-state index is 12.7. The van der Waals surface area contributed by atoms with Crippen LogP contribution in [0, 0.1) is 0 Å². The van der Waals surface area contributed by atoms with Crippen LogP contribution >= 0.6 is 0 Å². The summed E-state index contributed by atoms with van der Waals surface area (Å²) in [4.78, 5) is 50.4. The number of ether oxygens (including phenoxy) is 1. The molecule has 8 nitrogen and oxygen atoms in total. The van der Waals surface area contributed by atoms with Crippen molar-refractivity contribution in [3.63, 3.8) is 0 Å². The van der Waals surface area contributed by atoms with E-state index in [9.17, 15) is 19.2 Å². The third kappa shape index (κ3) is 3.20. The number of rotatable bonds is 5. The van der Waals surface area contributed by atoms with E-state index < -0.39 is 23.8 Å². The van der Waals surface area contributed by atoms with Crippen molar-refractivity contribution in [3.8, 4) is 5.75 Å². The second-order valence-corrected chi connectivity index (χ2v) is 6.19. The number of carbonyl (C=O) groups is 4. The monoisotopic (exact) mass is 381 g/mol. The molecular weight excluding hydrogens is 362 g/mol. The zero-order valence-electron chi connectivity index (χ0n) is 15.6. The van der Waals surface area contributed by atoms with E-state index in [4.69, 9.17) is 4.74 Å². The number of fused-ring (bicyclic) bond motifs is 1. The molecule has 144 valence electrons. The van der Waals surface area contributed by atoms with Crippen LogP contribution in [0.3, 0.4) is 0 Å². The van der Waals surface area contributed by atoms with Crippen LogP contribution in [0.5, 0.6) is 5.75 Å². The largest absolute Gasteiger partial charge is 0.495 e. The number of methoxy groups -OCH3 is 1. The minimum atomic E-state index is -1.03. The molecule has 0 saturated carbocycles. The maximum atomic E-state index is 12.7. The molecule has 1 unspecified atom stereocenters. The van der Waals surface area contributed by atoms with Crippen molar-refractivity contribution in [2.75, 3.05) is 19.5 Å². The highest BCUT2D eigenvalue weighted by Crippen LogP contribution is 2.28. The molecule has 8 heteroatoms. The number of anilines is 1. The third-order valence-corrected chi connectivity index (χ3v) is 4.54. The van der Waals surface area contributed by atoms with Crippen LogP contribution in [-0.2, 0) is 4.79 Å². The summed E-state index contributed by atoms with van der Waals surface area (Å²) in [7, 11) is 2.92. The lowest BCUT2D eigenvalue weighted by atomic mass is 10.1. The molecule has 0 fully saturated rings. The number of hydrogen-bond donors (Lipinski definition) is 2. The zero-order valence-corrected chi connectivity index (χ0v) is 15.6. The van der Waals surface area contributed by atoms with Crippen LogP contribution in [0.25, 0.3) is 0 Å². The zero-order chi connectivity index (χ0) is 20.4. The second-order valence-electron chi connectivity index (χ2n) is 6.19. The number of nitrogens with zero attached hydrogens (tertiary/aromatic N) is 1. The normalized spacial score (nSPS) is 13.8. The molecule has 0 radical (unpaired) electrons. The Kier molecular flexibility index (Phi) is 5.12. The average molecular weight is 381 g/mol. The molecule has 3 rings (SSSR count). The van der Waals surface area contributed by atoms with E-state index in [0.717, 1.165) is 4.90 Å². The Morgan fingerprint density at radius 2 is 1.64 bits per heavy atom. The van der Waals surface area contributed by atoms with Gasteiger partial charge >= 0.3 is 0 Å². The fourth-order valence-corrected chi connectivity index (χ4v) is 2.99. The molecule has 28 heavy (non-hydrogen) atoms. The average Bonchev–Trinajstić information content (AvgIpc) is 2.97. The minimum absolute atomic E-state index is 0.277. The number of nitrogens with one attached hydrogen (secondary N) is 2. The van der Waals surface area contributed by atoms with Gasteiger partial charge in [-0.1, -0.05) is 12.1 Å². The standard InChI is InChI=1S/C20H19N3O5/c1-11(23-19(26)13-6-4-5-7-14(13)20(23)27)17(24)22-15-9-8-12(18(25)21-2)10-16(15)28-3/h4-11H,1-3H3,(H,21,25)(H,22,24). The molecule has 4 amide bonds. The van der Waals surface area contributed by atoms with Gasteiger partial charge in [-0.3, -0.25) is 24.1 Å². The highest BCUT2D eigenvalue weighted by Gasteiger charge is 2.40. The van der Waals surface area contributed by atoms with Gasteiger partial charge in [0, 0.05) is 12.6 Å². The molecular formula is C20H19N3O5. The van der Waals surface area contributed by atoms with Crippen LogP contribution < -0.4 is 15.4 Å². The summed E-state index contributed by atoms with van der Waals surface area (Å²) in [5.74, 6) is -1.59. The van der Waals surface area contributed by atoms with Crippen LogP contribution in [0.2, 0.25) is 0 Å². The highest BCUT2D eigenvalue weighted by molar-refractivity contribution is 6.23. The molecule has 2 aromatic rings. The van der Waals surface area contributed by atoms with Gasteiger partial charge in [-0.25, -0.2) is 0 Å². The Morgan fingerprint density at radius 1 is 1.04 bits per heavy atom.